The third kappa shape index (κ3) is 7.25. The van der Waals surface area contributed by atoms with E-state index in [2.05, 4.69) is 46.7 Å². The van der Waals surface area contributed by atoms with Crippen molar-refractivity contribution in [3.8, 4) is 0 Å². The average molecular weight is 417 g/mol. The minimum absolute atomic E-state index is 0.355. The lowest BCUT2D eigenvalue weighted by molar-refractivity contribution is 0.0342. The number of hydrogen-bond acceptors (Lipinski definition) is 4. The van der Waals surface area contributed by atoms with Gasteiger partial charge in [0.05, 0.1) is 19.8 Å². The Morgan fingerprint density at radius 1 is 1.10 bits per heavy atom. The van der Waals surface area contributed by atoms with Gasteiger partial charge in [0.2, 0.25) is 0 Å². The summed E-state index contributed by atoms with van der Waals surface area (Å²) in [6.07, 6.45) is 6.35. The van der Waals surface area contributed by atoms with E-state index in [0.717, 1.165) is 64.9 Å². The normalized spacial score (nSPS) is 19.7. The van der Waals surface area contributed by atoms with Gasteiger partial charge in [-0.05, 0) is 42.7 Å². The molecule has 1 aliphatic heterocycles. The van der Waals surface area contributed by atoms with Crippen molar-refractivity contribution in [1.29, 1.82) is 0 Å². The smallest absolute Gasteiger partial charge is 0.191 e. The van der Waals surface area contributed by atoms with Crippen LogP contribution in [0.15, 0.2) is 29.3 Å². The van der Waals surface area contributed by atoms with Crippen molar-refractivity contribution < 1.29 is 9.47 Å². The molecule has 0 unspecified atom stereocenters. The first-order chi connectivity index (χ1) is 14.7. The Morgan fingerprint density at radius 2 is 1.80 bits per heavy atom. The quantitative estimate of drug-likeness (QED) is 0.453. The third-order valence-corrected chi connectivity index (χ3v) is 6.43. The number of nitrogens with zero attached hydrogens (tertiary/aromatic N) is 2. The summed E-state index contributed by atoms with van der Waals surface area (Å²) in [6.45, 7) is 10.2. The molecule has 0 aromatic heterocycles. The topological polar surface area (TPSA) is 58.1 Å². The summed E-state index contributed by atoms with van der Waals surface area (Å²) in [6, 6.07) is 8.89. The van der Waals surface area contributed by atoms with Gasteiger partial charge in [0.1, 0.15) is 0 Å². The lowest BCUT2D eigenvalue weighted by Crippen LogP contribution is -2.43. The largest absolute Gasteiger partial charge is 0.385 e. The van der Waals surface area contributed by atoms with E-state index in [1.54, 1.807) is 7.11 Å². The van der Waals surface area contributed by atoms with Gasteiger partial charge in [0, 0.05) is 46.4 Å². The molecule has 6 nitrogen and oxygen atoms in total. The number of nitrogens with one attached hydrogen (secondary N) is 2. The van der Waals surface area contributed by atoms with Crippen molar-refractivity contribution in [3.05, 3.63) is 35.4 Å². The SMILES string of the molecule is CCNC(=NCc1ccc(CN2CCOCC2)cc1)NCC1(CCOC)CCCC1. The molecule has 2 aliphatic rings. The van der Waals surface area contributed by atoms with E-state index in [0.29, 0.717) is 12.0 Å². The van der Waals surface area contributed by atoms with Gasteiger partial charge in [-0.15, -0.1) is 0 Å². The maximum absolute atomic E-state index is 5.43. The molecule has 1 heterocycles. The van der Waals surface area contributed by atoms with Crippen LogP contribution in [-0.2, 0) is 22.6 Å². The van der Waals surface area contributed by atoms with E-state index in [4.69, 9.17) is 14.5 Å². The van der Waals surface area contributed by atoms with Crippen LogP contribution in [-0.4, -0.2) is 64.0 Å². The summed E-state index contributed by atoms with van der Waals surface area (Å²) in [5.74, 6) is 0.915. The second kappa shape index (κ2) is 12.3. The van der Waals surface area contributed by atoms with Gasteiger partial charge < -0.3 is 20.1 Å². The number of rotatable bonds is 10. The molecule has 168 valence electrons. The zero-order valence-corrected chi connectivity index (χ0v) is 18.9. The lowest BCUT2D eigenvalue weighted by Gasteiger charge is -2.30. The van der Waals surface area contributed by atoms with Crippen LogP contribution in [0.3, 0.4) is 0 Å². The molecule has 0 radical (unpaired) electrons. The molecule has 2 fully saturated rings. The highest BCUT2D eigenvalue weighted by molar-refractivity contribution is 5.79. The number of hydrogen-bond donors (Lipinski definition) is 2. The van der Waals surface area contributed by atoms with Crippen LogP contribution in [0.2, 0.25) is 0 Å². The Hall–Kier alpha value is -1.63. The molecule has 1 saturated heterocycles. The van der Waals surface area contributed by atoms with Gasteiger partial charge in [0.25, 0.3) is 0 Å². The Bertz CT molecular complexity index is 635. The molecule has 1 aliphatic carbocycles. The minimum atomic E-state index is 0.355. The first-order valence-corrected chi connectivity index (χ1v) is 11.6. The summed E-state index contributed by atoms with van der Waals surface area (Å²) < 4.78 is 10.8. The molecule has 0 bridgehead atoms. The monoisotopic (exact) mass is 416 g/mol. The molecule has 3 rings (SSSR count). The summed E-state index contributed by atoms with van der Waals surface area (Å²) >= 11 is 0. The van der Waals surface area contributed by atoms with Crippen LogP contribution in [0.5, 0.6) is 0 Å². The second-order valence-corrected chi connectivity index (χ2v) is 8.70. The van der Waals surface area contributed by atoms with E-state index in [1.165, 1.54) is 36.8 Å². The van der Waals surface area contributed by atoms with Gasteiger partial charge in [0.15, 0.2) is 5.96 Å². The predicted octanol–water partition coefficient (Wildman–Crippen LogP) is 3.17. The van der Waals surface area contributed by atoms with Crippen LogP contribution in [0, 0.1) is 5.41 Å². The highest BCUT2D eigenvalue weighted by Gasteiger charge is 2.33. The number of guanidine groups is 1. The van der Waals surface area contributed by atoms with E-state index in [-0.39, 0.29) is 0 Å². The number of benzene rings is 1. The van der Waals surface area contributed by atoms with E-state index >= 15 is 0 Å². The third-order valence-electron chi connectivity index (χ3n) is 6.43. The zero-order chi connectivity index (χ0) is 21.1. The fourth-order valence-electron chi connectivity index (χ4n) is 4.51. The van der Waals surface area contributed by atoms with Gasteiger partial charge in [-0.25, -0.2) is 4.99 Å². The zero-order valence-electron chi connectivity index (χ0n) is 18.9. The van der Waals surface area contributed by atoms with Crippen molar-refractivity contribution >= 4 is 5.96 Å². The van der Waals surface area contributed by atoms with Crippen LogP contribution in [0.1, 0.15) is 50.2 Å². The standard InChI is InChI=1S/C24H40N4O2/c1-3-25-23(27-20-24(12-15-29-2)10-4-5-11-24)26-18-21-6-8-22(9-7-21)19-28-13-16-30-17-14-28/h6-9H,3-5,10-20H2,1-2H3,(H2,25,26,27). The molecular formula is C24H40N4O2. The summed E-state index contributed by atoms with van der Waals surface area (Å²) in [4.78, 5) is 7.29. The number of ether oxygens (including phenoxy) is 2. The number of morpholine rings is 1. The van der Waals surface area contributed by atoms with E-state index < -0.39 is 0 Å². The Morgan fingerprint density at radius 3 is 2.47 bits per heavy atom. The van der Waals surface area contributed by atoms with E-state index in [1.807, 2.05) is 0 Å². The molecule has 0 spiro atoms. The molecule has 1 saturated carbocycles. The Kier molecular flexibility index (Phi) is 9.43. The molecule has 2 N–H and O–H groups in total. The fourth-order valence-corrected chi connectivity index (χ4v) is 4.51. The number of methoxy groups -OCH3 is 1. The van der Waals surface area contributed by atoms with Gasteiger partial charge in [-0.3, -0.25) is 4.90 Å². The summed E-state index contributed by atoms with van der Waals surface area (Å²) in [5.41, 5.74) is 2.96. The highest BCUT2D eigenvalue weighted by Crippen LogP contribution is 2.40. The van der Waals surface area contributed by atoms with Crippen LogP contribution in [0.4, 0.5) is 0 Å². The first-order valence-electron chi connectivity index (χ1n) is 11.6. The molecule has 1 aromatic rings. The van der Waals surface area contributed by atoms with Crippen molar-refractivity contribution in [2.45, 2.75) is 52.1 Å². The fraction of sp³-hybridized carbons (Fsp3) is 0.708. The van der Waals surface area contributed by atoms with Crippen LogP contribution in [0.25, 0.3) is 0 Å². The molecule has 0 amide bonds. The first kappa shape index (κ1) is 23.0. The Labute approximate surface area is 182 Å². The van der Waals surface area contributed by atoms with Crippen molar-refractivity contribution in [2.24, 2.45) is 10.4 Å². The molecule has 1 aromatic carbocycles. The van der Waals surface area contributed by atoms with E-state index in [9.17, 15) is 0 Å². The van der Waals surface area contributed by atoms with Crippen LogP contribution >= 0.6 is 0 Å². The molecular weight excluding hydrogens is 376 g/mol. The van der Waals surface area contributed by atoms with Crippen LogP contribution < -0.4 is 10.6 Å². The Balaban J connectivity index is 1.52. The summed E-state index contributed by atoms with van der Waals surface area (Å²) in [5, 5.41) is 7.02. The maximum Gasteiger partial charge on any atom is 0.191 e. The minimum Gasteiger partial charge on any atom is -0.385 e. The lowest BCUT2D eigenvalue weighted by atomic mass is 9.83. The van der Waals surface area contributed by atoms with Gasteiger partial charge in [-0.1, -0.05) is 37.1 Å². The highest BCUT2D eigenvalue weighted by atomic mass is 16.5. The second-order valence-electron chi connectivity index (χ2n) is 8.70. The molecule has 0 atom stereocenters. The van der Waals surface area contributed by atoms with Crippen molar-refractivity contribution in [1.82, 2.24) is 15.5 Å². The van der Waals surface area contributed by atoms with Crippen molar-refractivity contribution in [2.75, 3.05) is 53.1 Å². The predicted molar refractivity (Wildman–Crippen MR) is 123 cm³/mol. The molecule has 6 heteroatoms. The van der Waals surface area contributed by atoms with Gasteiger partial charge >= 0.3 is 0 Å². The average Bonchev–Trinajstić information content (AvgIpc) is 3.25. The number of aliphatic imine (C=N–C) groups is 1. The maximum atomic E-state index is 5.43. The summed E-state index contributed by atoms with van der Waals surface area (Å²) in [7, 11) is 1.80. The van der Waals surface area contributed by atoms with Crippen molar-refractivity contribution in [3.63, 3.8) is 0 Å². The molecule has 30 heavy (non-hydrogen) atoms. The van der Waals surface area contributed by atoms with Gasteiger partial charge in [-0.2, -0.15) is 0 Å².